The molecule has 0 saturated carbocycles. The van der Waals surface area contributed by atoms with E-state index < -0.39 is 17.8 Å². The van der Waals surface area contributed by atoms with Gasteiger partial charge >= 0.3 is 6.18 Å². The summed E-state index contributed by atoms with van der Waals surface area (Å²) in [4.78, 5) is 0. The summed E-state index contributed by atoms with van der Waals surface area (Å²) >= 11 is 0. The number of hydrogen-bond acceptors (Lipinski definition) is 3. The third-order valence-electron chi connectivity index (χ3n) is 2.49. The lowest BCUT2D eigenvalue weighted by molar-refractivity contribution is -0.139. The molecule has 0 aliphatic heterocycles. The van der Waals surface area contributed by atoms with Crippen LogP contribution in [0.1, 0.15) is 19.4 Å². The van der Waals surface area contributed by atoms with Gasteiger partial charge < -0.3 is 15.6 Å². The smallest absolute Gasteiger partial charge is 0.420 e. The van der Waals surface area contributed by atoms with E-state index in [1.54, 1.807) is 13.8 Å². The lowest BCUT2D eigenvalue weighted by Crippen LogP contribution is -2.24. The Balaban J connectivity index is 2.89. The summed E-state index contributed by atoms with van der Waals surface area (Å²) in [5.74, 6) is -0.412. The number of anilines is 1. The van der Waals surface area contributed by atoms with E-state index in [1.165, 1.54) is 6.07 Å². The van der Waals surface area contributed by atoms with Crippen LogP contribution in [0.25, 0.3) is 0 Å². The van der Waals surface area contributed by atoms with Crippen LogP contribution in [0.2, 0.25) is 0 Å². The van der Waals surface area contributed by atoms with Gasteiger partial charge in [0.2, 0.25) is 0 Å². The first-order chi connectivity index (χ1) is 8.21. The molecule has 0 heterocycles. The Morgan fingerprint density at radius 3 is 2.44 bits per heavy atom. The molecule has 3 nitrogen and oxygen atoms in total. The highest BCUT2D eigenvalue weighted by Crippen LogP contribution is 2.37. The highest BCUT2D eigenvalue weighted by Gasteiger charge is 2.34. The van der Waals surface area contributed by atoms with Crippen molar-refractivity contribution in [1.29, 1.82) is 0 Å². The topological polar surface area (TPSA) is 55.5 Å². The summed E-state index contributed by atoms with van der Waals surface area (Å²) in [7, 11) is 0. The van der Waals surface area contributed by atoms with E-state index in [9.17, 15) is 18.3 Å². The summed E-state index contributed by atoms with van der Waals surface area (Å²) in [6.07, 6.45) is -5.35. The highest BCUT2D eigenvalue weighted by atomic mass is 19.4. The zero-order valence-electron chi connectivity index (χ0n) is 10.2. The van der Waals surface area contributed by atoms with Crippen molar-refractivity contribution in [3.05, 3.63) is 23.8 Å². The van der Waals surface area contributed by atoms with Gasteiger partial charge in [-0.3, -0.25) is 0 Å². The van der Waals surface area contributed by atoms with E-state index >= 15 is 0 Å². The summed E-state index contributed by atoms with van der Waals surface area (Å²) < 4.78 is 43.2. The maximum absolute atomic E-state index is 12.7. The van der Waals surface area contributed by atoms with E-state index in [-0.39, 0.29) is 24.0 Å². The maximum Gasteiger partial charge on any atom is 0.420 e. The molecule has 0 fully saturated rings. The first-order valence-electron chi connectivity index (χ1n) is 5.49. The molecule has 1 atom stereocenters. The molecule has 0 amide bonds. The second-order valence-electron chi connectivity index (χ2n) is 4.38. The van der Waals surface area contributed by atoms with Gasteiger partial charge in [-0.05, 0) is 24.1 Å². The molecular formula is C12H16F3NO2. The van der Waals surface area contributed by atoms with Gasteiger partial charge in [0.05, 0.1) is 11.7 Å². The van der Waals surface area contributed by atoms with Crippen molar-refractivity contribution in [3.8, 4) is 5.75 Å². The Morgan fingerprint density at radius 2 is 1.94 bits per heavy atom. The Hall–Kier alpha value is -1.43. The van der Waals surface area contributed by atoms with Crippen molar-refractivity contribution in [2.24, 2.45) is 5.92 Å². The zero-order chi connectivity index (χ0) is 13.9. The second-order valence-corrected chi connectivity index (χ2v) is 4.38. The molecule has 0 bridgehead atoms. The summed E-state index contributed by atoms with van der Waals surface area (Å²) in [6, 6.07) is 3.30. The van der Waals surface area contributed by atoms with E-state index in [0.29, 0.717) is 0 Å². The van der Waals surface area contributed by atoms with Crippen LogP contribution >= 0.6 is 0 Å². The molecule has 0 saturated heterocycles. The average molecular weight is 263 g/mol. The number of nitrogen functional groups attached to an aromatic ring is 1. The van der Waals surface area contributed by atoms with Crippen LogP contribution in [0.3, 0.4) is 0 Å². The summed E-state index contributed by atoms with van der Waals surface area (Å²) in [5.41, 5.74) is 4.40. The van der Waals surface area contributed by atoms with Crippen LogP contribution in [0.5, 0.6) is 5.75 Å². The molecule has 1 aromatic carbocycles. The zero-order valence-corrected chi connectivity index (χ0v) is 10.2. The normalized spacial score (nSPS) is 13.7. The minimum Gasteiger partial charge on any atom is -0.490 e. The molecular weight excluding hydrogens is 247 g/mol. The van der Waals surface area contributed by atoms with Gasteiger partial charge in [0.1, 0.15) is 12.4 Å². The summed E-state index contributed by atoms with van der Waals surface area (Å²) in [5, 5.41) is 9.51. The van der Waals surface area contributed by atoms with Crippen LogP contribution in [0, 0.1) is 5.92 Å². The first kappa shape index (κ1) is 14.6. The van der Waals surface area contributed by atoms with Gasteiger partial charge in [-0.25, -0.2) is 0 Å². The number of hydrogen-bond donors (Lipinski definition) is 2. The molecule has 0 radical (unpaired) electrons. The second kappa shape index (κ2) is 5.48. The standard InChI is InChI=1S/C12H16F3NO2/c1-7(2)10(17)6-18-11-4-3-8(16)5-9(11)12(13,14)15/h3-5,7,10,17H,6,16H2,1-2H3. The van der Waals surface area contributed by atoms with Crippen LogP contribution in [-0.2, 0) is 6.18 Å². The van der Waals surface area contributed by atoms with Crippen molar-refractivity contribution in [3.63, 3.8) is 0 Å². The third kappa shape index (κ3) is 3.80. The lowest BCUT2D eigenvalue weighted by atomic mass is 10.1. The number of ether oxygens (including phenoxy) is 1. The Labute approximate surface area is 103 Å². The van der Waals surface area contributed by atoms with Gasteiger partial charge in [0.25, 0.3) is 0 Å². The third-order valence-corrected chi connectivity index (χ3v) is 2.49. The van der Waals surface area contributed by atoms with Crippen molar-refractivity contribution < 1.29 is 23.0 Å². The fraction of sp³-hybridized carbons (Fsp3) is 0.500. The molecule has 0 aliphatic rings. The monoisotopic (exact) mass is 263 g/mol. The first-order valence-corrected chi connectivity index (χ1v) is 5.49. The molecule has 102 valence electrons. The molecule has 0 aliphatic carbocycles. The molecule has 18 heavy (non-hydrogen) atoms. The number of rotatable bonds is 4. The van der Waals surface area contributed by atoms with E-state index in [2.05, 4.69) is 0 Å². The predicted molar refractivity (Wildman–Crippen MR) is 62.2 cm³/mol. The number of nitrogens with two attached hydrogens (primary N) is 1. The molecule has 0 spiro atoms. The number of halogens is 3. The number of aliphatic hydroxyl groups excluding tert-OH is 1. The lowest BCUT2D eigenvalue weighted by Gasteiger charge is -2.18. The molecule has 1 unspecified atom stereocenters. The Morgan fingerprint density at radius 1 is 1.33 bits per heavy atom. The summed E-state index contributed by atoms with van der Waals surface area (Å²) in [6.45, 7) is 3.31. The SMILES string of the molecule is CC(C)C(O)COc1ccc(N)cc1C(F)(F)F. The van der Waals surface area contributed by atoms with Gasteiger partial charge in [0.15, 0.2) is 0 Å². The van der Waals surface area contributed by atoms with Crippen molar-refractivity contribution in [2.75, 3.05) is 12.3 Å². The highest BCUT2D eigenvalue weighted by molar-refractivity contribution is 5.49. The largest absolute Gasteiger partial charge is 0.490 e. The van der Waals surface area contributed by atoms with Gasteiger partial charge in [-0.15, -0.1) is 0 Å². The van der Waals surface area contributed by atoms with Crippen LogP contribution in [-0.4, -0.2) is 17.8 Å². The molecule has 1 aromatic rings. The minimum absolute atomic E-state index is 0.0130. The predicted octanol–water partition coefficient (Wildman–Crippen LogP) is 2.68. The van der Waals surface area contributed by atoms with Gasteiger partial charge in [-0.1, -0.05) is 13.8 Å². The molecule has 0 aromatic heterocycles. The maximum atomic E-state index is 12.7. The van der Waals surface area contributed by atoms with Crippen LogP contribution < -0.4 is 10.5 Å². The number of aliphatic hydroxyl groups is 1. The fourth-order valence-electron chi connectivity index (χ4n) is 1.26. The minimum atomic E-state index is -4.53. The molecule has 1 rings (SSSR count). The molecule has 6 heteroatoms. The fourth-order valence-corrected chi connectivity index (χ4v) is 1.26. The van der Waals surface area contributed by atoms with Gasteiger partial charge in [0, 0.05) is 5.69 Å². The molecule has 3 N–H and O–H groups in total. The van der Waals surface area contributed by atoms with Crippen molar-refractivity contribution in [1.82, 2.24) is 0 Å². The van der Waals surface area contributed by atoms with E-state index in [4.69, 9.17) is 10.5 Å². The van der Waals surface area contributed by atoms with E-state index in [1.807, 2.05) is 0 Å². The Bertz CT molecular complexity index is 405. The number of benzene rings is 1. The quantitative estimate of drug-likeness (QED) is 0.821. The van der Waals surface area contributed by atoms with Crippen molar-refractivity contribution in [2.45, 2.75) is 26.1 Å². The average Bonchev–Trinajstić information content (AvgIpc) is 2.25. The van der Waals surface area contributed by atoms with Crippen LogP contribution in [0.15, 0.2) is 18.2 Å². The van der Waals surface area contributed by atoms with Gasteiger partial charge in [-0.2, -0.15) is 13.2 Å². The Kier molecular flexibility index (Phi) is 4.45. The number of alkyl halides is 3. The van der Waals surface area contributed by atoms with E-state index in [0.717, 1.165) is 12.1 Å². The van der Waals surface area contributed by atoms with Crippen LogP contribution in [0.4, 0.5) is 18.9 Å². The van der Waals surface area contributed by atoms with Crippen molar-refractivity contribution >= 4 is 5.69 Å².